The van der Waals surface area contributed by atoms with Gasteiger partial charge in [0.25, 0.3) is 0 Å². The molecule has 0 amide bonds. The second-order valence-electron chi connectivity index (χ2n) is 0.201. The fourth-order valence-corrected chi connectivity index (χ4v) is 0. The summed E-state index contributed by atoms with van der Waals surface area (Å²) in [7, 11) is 0. The van der Waals surface area contributed by atoms with Gasteiger partial charge < -0.3 is 6.15 Å². The molecule has 6 nitrogen and oxygen atoms in total. The van der Waals surface area contributed by atoms with Crippen LogP contribution in [0.1, 0.15) is 0 Å². The van der Waals surface area contributed by atoms with Crippen molar-refractivity contribution >= 4 is 0 Å². The third-order valence-electron chi connectivity index (χ3n) is 0. The molecule has 0 bridgehead atoms. The predicted octanol–water partition coefficient (Wildman–Crippen LogP) is -0.0626. The first-order valence-corrected chi connectivity index (χ1v) is 4.11. The zero-order valence-electron chi connectivity index (χ0n) is 3.11. The normalized spacial score (nSPS) is 5.71. The fraction of sp³-hybridized carbons (Fsp3) is 0. The summed E-state index contributed by atoms with van der Waals surface area (Å²) in [4.78, 5) is 0. The SMILES string of the molecule is OO.[NH2-].[O]=[Re](=[O])[OH]. The molecule has 0 saturated carbocycles. The van der Waals surface area contributed by atoms with Crippen molar-refractivity contribution in [2.24, 2.45) is 0 Å². The van der Waals surface area contributed by atoms with E-state index in [0.29, 0.717) is 0 Å². The van der Waals surface area contributed by atoms with E-state index in [4.69, 9.17) is 21.3 Å². The van der Waals surface area contributed by atoms with E-state index in [2.05, 4.69) is 0 Å². The molecule has 0 aliphatic heterocycles. The van der Waals surface area contributed by atoms with Gasteiger partial charge in [-0.2, -0.15) is 0 Å². The van der Waals surface area contributed by atoms with Crippen LogP contribution in [0.5, 0.6) is 0 Å². The standard InChI is InChI=1S/H2N.H2O2.H2O.2O.Re/c;1-2;;;;/h1H2;1-2H;1H2;;;/q-1;;;;;+1/p-1. The van der Waals surface area contributed by atoms with Gasteiger partial charge in [-0.15, -0.1) is 0 Å². The maximum atomic E-state index is 8.71. The first kappa shape index (κ1) is 15.7. The molecule has 7 heteroatoms. The van der Waals surface area contributed by atoms with E-state index in [1.165, 1.54) is 0 Å². The van der Waals surface area contributed by atoms with E-state index < -0.39 is 17.0 Å². The van der Waals surface area contributed by atoms with E-state index in [9.17, 15) is 0 Å². The minimum atomic E-state index is -3.96. The molecule has 0 aliphatic carbocycles. The third-order valence-corrected chi connectivity index (χ3v) is 0. The number of rotatable bonds is 0. The molecule has 0 fully saturated rings. The van der Waals surface area contributed by atoms with Crippen LogP contribution in [0.2, 0.25) is 0 Å². The van der Waals surface area contributed by atoms with Crippen molar-refractivity contribution in [2.75, 3.05) is 0 Å². The maximum absolute atomic E-state index is 8.71. The molecule has 0 saturated heterocycles. The summed E-state index contributed by atoms with van der Waals surface area (Å²) in [5, 5.41) is 12.0. The Kier molecular flexibility index (Phi) is 37.1. The van der Waals surface area contributed by atoms with Crippen LogP contribution < -0.4 is 0 Å². The number of nitrogens with two attached hydrogens (primary N) is 1. The second-order valence-corrected chi connectivity index (χ2v) is 1.65. The van der Waals surface area contributed by atoms with Crippen LogP contribution in [0.25, 0.3) is 6.15 Å². The average molecular weight is 285 g/mol. The van der Waals surface area contributed by atoms with Crippen LogP contribution in [-0.2, 0) is 24.0 Å². The van der Waals surface area contributed by atoms with Gasteiger partial charge in [0.1, 0.15) is 0 Å². The summed E-state index contributed by atoms with van der Waals surface area (Å²) in [5.74, 6) is 0. The summed E-state index contributed by atoms with van der Waals surface area (Å²) in [6.07, 6.45) is 0. The molecule has 0 rings (SSSR count). The molecule has 0 aliphatic rings. The van der Waals surface area contributed by atoms with Crippen molar-refractivity contribution in [1.82, 2.24) is 0 Å². The van der Waals surface area contributed by atoms with Crippen molar-refractivity contribution in [3.63, 3.8) is 0 Å². The van der Waals surface area contributed by atoms with E-state index in [1.54, 1.807) is 0 Å². The van der Waals surface area contributed by atoms with E-state index >= 15 is 0 Å². The Balaban J connectivity index is -0.0000000480. The molecule has 0 aromatic rings. The van der Waals surface area contributed by atoms with Gasteiger partial charge in [-0.25, -0.2) is 0 Å². The molecule has 0 heterocycles. The van der Waals surface area contributed by atoms with Crippen LogP contribution in [-0.4, -0.2) is 14.3 Å². The second kappa shape index (κ2) is 16.5. The fourth-order valence-electron chi connectivity index (χ4n) is 0. The minimum absolute atomic E-state index is 0. The van der Waals surface area contributed by atoms with Gasteiger partial charge in [-0.1, -0.05) is 0 Å². The Labute approximate surface area is 45.2 Å². The quantitative estimate of drug-likeness (QED) is 0.424. The predicted molar refractivity (Wildman–Crippen MR) is 14.1 cm³/mol. The molecule has 5 N–H and O–H groups in total. The Morgan fingerprint density at radius 2 is 1.14 bits per heavy atom. The zero-order chi connectivity index (χ0) is 5.58. The van der Waals surface area contributed by atoms with Crippen LogP contribution >= 0.6 is 0 Å². The van der Waals surface area contributed by atoms with Gasteiger partial charge in [0.15, 0.2) is 0 Å². The Bertz CT molecular complexity index is 56.5. The topological polar surface area (TPSA) is 128 Å². The van der Waals surface area contributed by atoms with Crippen molar-refractivity contribution in [3.8, 4) is 0 Å². The van der Waals surface area contributed by atoms with E-state index in [-0.39, 0.29) is 6.15 Å². The summed E-state index contributed by atoms with van der Waals surface area (Å²) < 4.78 is 24.6. The van der Waals surface area contributed by atoms with Crippen LogP contribution in [0.3, 0.4) is 0 Å². The third kappa shape index (κ3) is 9810. The summed E-state index contributed by atoms with van der Waals surface area (Å²) >= 11 is -3.96. The molecule has 0 radical (unpaired) electrons. The summed E-state index contributed by atoms with van der Waals surface area (Å²) in [5.41, 5.74) is 0. The summed E-state index contributed by atoms with van der Waals surface area (Å²) in [6.45, 7) is 0. The molecule has 0 unspecified atom stereocenters. The molecular weight excluding hydrogens is 280 g/mol. The van der Waals surface area contributed by atoms with Gasteiger partial charge >= 0.3 is 27.8 Å². The molecule has 7 heavy (non-hydrogen) atoms. The Morgan fingerprint density at radius 1 is 1.14 bits per heavy atom. The Hall–Kier alpha value is 0.102. The molecule has 0 atom stereocenters. The van der Waals surface area contributed by atoms with E-state index in [0.717, 1.165) is 0 Å². The van der Waals surface area contributed by atoms with Gasteiger partial charge in [-0.05, 0) is 0 Å². The van der Waals surface area contributed by atoms with E-state index in [1.807, 2.05) is 0 Å². The molecule has 0 aromatic heterocycles. The first-order valence-electron chi connectivity index (χ1n) is 0.678. The van der Waals surface area contributed by atoms with Crippen molar-refractivity contribution < 1.29 is 38.3 Å². The zero-order valence-corrected chi connectivity index (χ0v) is 5.83. The molecule has 48 valence electrons. The van der Waals surface area contributed by atoms with Crippen LogP contribution in [0, 0.1) is 0 Å². The average Bonchev–Trinajstić information content (AvgIpc) is 1.41. The Morgan fingerprint density at radius 3 is 1.14 bits per heavy atom. The number of hydrogen-bond donors (Lipinski definition) is 3. The van der Waals surface area contributed by atoms with Gasteiger partial charge in [0.05, 0.1) is 0 Å². The monoisotopic (exact) mass is 286 g/mol. The van der Waals surface area contributed by atoms with Crippen molar-refractivity contribution in [1.29, 1.82) is 0 Å². The van der Waals surface area contributed by atoms with Gasteiger partial charge in [0, 0.05) is 0 Å². The van der Waals surface area contributed by atoms with Crippen molar-refractivity contribution in [2.45, 2.75) is 0 Å². The van der Waals surface area contributed by atoms with Gasteiger partial charge in [-0.3, -0.25) is 10.5 Å². The molecular formula is H5NO5Re-. The first-order chi connectivity index (χ1) is 2.73. The van der Waals surface area contributed by atoms with Crippen LogP contribution in [0.15, 0.2) is 0 Å². The molecule has 0 spiro atoms. The number of hydrogen-bond acceptors (Lipinski definition) is 4. The molecule has 0 aromatic carbocycles. The summed E-state index contributed by atoms with van der Waals surface area (Å²) in [6, 6.07) is 0. The van der Waals surface area contributed by atoms with Crippen molar-refractivity contribution in [3.05, 3.63) is 6.15 Å². The van der Waals surface area contributed by atoms with Gasteiger partial charge in [0.2, 0.25) is 0 Å². The van der Waals surface area contributed by atoms with Crippen LogP contribution in [0.4, 0.5) is 0 Å².